The SMILES string of the molecule is COc1ccc(Cn2cc(Cl)cc(N3C(=O)C(=N)C(C(=Nc4cnc(N(C)C)nc4OC)C(C)C)C3c3ccc(Cl)c(F)c3)c2=O)cc1. The van der Waals surface area contributed by atoms with Crippen molar-refractivity contribution >= 4 is 57.9 Å². The first-order chi connectivity index (χ1) is 22.8. The van der Waals surface area contributed by atoms with E-state index >= 15 is 4.39 Å². The molecule has 0 spiro atoms. The Hall–Kier alpha value is -4.81. The molecule has 0 bridgehead atoms. The number of nitrogens with one attached hydrogen (secondary N) is 1. The largest absolute Gasteiger partial charge is 0.497 e. The molecule has 5 rings (SSSR count). The fraction of sp³-hybridized carbons (Fsp3) is 0.294. The number of carbonyl (C=O) groups is 1. The number of nitrogens with zero attached hydrogens (tertiary/aromatic N) is 6. The zero-order valence-corrected chi connectivity index (χ0v) is 28.7. The number of anilines is 2. The van der Waals surface area contributed by atoms with E-state index in [2.05, 4.69) is 9.97 Å². The molecule has 0 radical (unpaired) electrons. The predicted molar refractivity (Wildman–Crippen MR) is 186 cm³/mol. The van der Waals surface area contributed by atoms with Crippen molar-refractivity contribution in [1.82, 2.24) is 14.5 Å². The van der Waals surface area contributed by atoms with Gasteiger partial charge in [0, 0.05) is 26.0 Å². The number of methoxy groups -OCH3 is 2. The zero-order valence-electron chi connectivity index (χ0n) is 27.2. The smallest absolute Gasteiger partial charge is 0.274 e. The molecule has 48 heavy (non-hydrogen) atoms. The molecule has 250 valence electrons. The number of aromatic nitrogens is 3. The highest BCUT2D eigenvalue weighted by Gasteiger charge is 2.50. The minimum Gasteiger partial charge on any atom is -0.497 e. The Morgan fingerprint density at radius 3 is 2.40 bits per heavy atom. The van der Waals surface area contributed by atoms with Gasteiger partial charge in [0.15, 0.2) is 0 Å². The van der Waals surface area contributed by atoms with E-state index in [0.717, 1.165) is 5.56 Å². The molecular formula is C34H34Cl2FN7O4. The first-order valence-electron chi connectivity index (χ1n) is 14.9. The lowest BCUT2D eigenvalue weighted by Crippen LogP contribution is -2.37. The number of rotatable bonds is 10. The van der Waals surface area contributed by atoms with Crippen molar-refractivity contribution in [3.63, 3.8) is 0 Å². The van der Waals surface area contributed by atoms with Gasteiger partial charge in [-0.2, -0.15) is 4.98 Å². The van der Waals surface area contributed by atoms with Gasteiger partial charge in [0.25, 0.3) is 11.5 Å². The van der Waals surface area contributed by atoms with Crippen LogP contribution in [-0.2, 0) is 11.3 Å². The van der Waals surface area contributed by atoms with Gasteiger partial charge in [0.1, 0.15) is 28.7 Å². The molecule has 1 saturated heterocycles. The van der Waals surface area contributed by atoms with Crippen LogP contribution in [-0.4, -0.2) is 60.2 Å². The summed E-state index contributed by atoms with van der Waals surface area (Å²) in [6, 6.07) is 11.6. The number of hydrogen-bond donors (Lipinski definition) is 1. The lowest BCUT2D eigenvalue weighted by Gasteiger charge is -2.30. The molecule has 2 atom stereocenters. The minimum absolute atomic E-state index is 0.0759. The van der Waals surface area contributed by atoms with Gasteiger partial charge < -0.3 is 18.9 Å². The van der Waals surface area contributed by atoms with Gasteiger partial charge >= 0.3 is 0 Å². The number of ether oxygens (including phenoxy) is 2. The molecule has 3 heterocycles. The Morgan fingerprint density at radius 1 is 1.08 bits per heavy atom. The van der Waals surface area contributed by atoms with E-state index in [0.29, 0.717) is 23.0 Å². The van der Waals surface area contributed by atoms with E-state index in [4.69, 9.17) is 43.1 Å². The summed E-state index contributed by atoms with van der Waals surface area (Å²) in [6.07, 6.45) is 2.97. The molecule has 4 aromatic rings. The average molecular weight is 695 g/mol. The van der Waals surface area contributed by atoms with Gasteiger partial charge in [0.2, 0.25) is 11.8 Å². The zero-order chi connectivity index (χ0) is 34.9. The summed E-state index contributed by atoms with van der Waals surface area (Å²) in [6.45, 7) is 3.87. The summed E-state index contributed by atoms with van der Waals surface area (Å²) in [5, 5.41) is 9.19. The van der Waals surface area contributed by atoms with Crippen LogP contribution in [0.3, 0.4) is 0 Å². The van der Waals surface area contributed by atoms with Gasteiger partial charge in [0.05, 0.1) is 49.0 Å². The second-order valence-corrected chi connectivity index (χ2v) is 12.5. The quantitative estimate of drug-likeness (QED) is 0.191. The number of carbonyl (C=O) groups excluding carboxylic acids is 1. The first-order valence-corrected chi connectivity index (χ1v) is 15.7. The number of aliphatic imine (C=N–C) groups is 1. The fourth-order valence-corrected chi connectivity index (χ4v) is 5.93. The van der Waals surface area contributed by atoms with E-state index in [1.807, 2.05) is 26.0 Å². The third-order valence-electron chi connectivity index (χ3n) is 7.92. The number of amides is 1. The van der Waals surface area contributed by atoms with E-state index in [9.17, 15) is 9.59 Å². The van der Waals surface area contributed by atoms with Crippen molar-refractivity contribution < 1.29 is 18.7 Å². The predicted octanol–water partition coefficient (Wildman–Crippen LogP) is 6.37. The highest BCUT2D eigenvalue weighted by molar-refractivity contribution is 6.49. The summed E-state index contributed by atoms with van der Waals surface area (Å²) in [7, 11) is 6.58. The third kappa shape index (κ3) is 6.76. The van der Waals surface area contributed by atoms with Crippen LogP contribution in [0.2, 0.25) is 10.0 Å². The fourth-order valence-electron chi connectivity index (χ4n) is 5.60. The summed E-state index contributed by atoms with van der Waals surface area (Å²) in [5.41, 5.74) is 0.813. The number of hydrogen-bond acceptors (Lipinski definition) is 9. The molecule has 14 heteroatoms. The molecular weight excluding hydrogens is 660 g/mol. The summed E-state index contributed by atoms with van der Waals surface area (Å²) < 4.78 is 27.2. The Bertz CT molecular complexity index is 1960. The Labute approximate surface area is 287 Å². The van der Waals surface area contributed by atoms with Crippen molar-refractivity contribution in [1.29, 1.82) is 5.41 Å². The molecule has 0 saturated carbocycles. The first kappa shape index (κ1) is 34.5. The van der Waals surface area contributed by atoms with Crippen LogP contribution < -0.4 is 24.8 Å². The molecule has 2 aromatic heterocycles. The van der Waals surface area contributed by atoms with Crippen LogP contribution in [0.5, 0.6) is 11.6 Å². The minimum atomic E-state index is -1.06. The standard InChI is InChI=1S/C34H34Cl2FN7O4/c1-18(2)29(40-25-15-39-34(42(3)4)41-31(25)48-6)27-28(38)33(46)44(30(27)20-9-12-23(36)24(37)13-20)26-14-21(35)17-43(32(26)45)16-19-7-10-22(47-5)11-8-19/h7-15,17-18,27,30,38H,16H2,1-6H3. The molecule has 11 nitrogen and oxygen atoms in total. The van der Waals surface area contributed by atoms with Crippen LogP contribution in [0, 0.1) is 23.1 Å². The maximum absolute atomic E-state index is 15.0. The van der Waals surface area contributed by atoms with Crippen molar-refractivity contribution in [2.24, 2.45) is 16.8 Å². The average Bonchev–Trinajstić information content (AvgIpc) is 3.31. The highest BCUT2D eigenvalue weighted by Crippen LogP contribution is 2.43. The Balaban J connectivity index is 1.69. The van der Waals surface area contributed by atoms with Crippen LogP contribution in [0.4, 0.5) is 21.7 Å². The monoisotopic (exact) mass is 693 g/mol. The van der Waals surface area contributed by atoms with E-state index in [-0.39, 0.29) is 45.5 Å². The topological polar surface area (TPSA) is 126 Å². The third-order valence-corrected chi connectivity index (χ3v) is 8.43. The Morgan fingerprint density at radius 2 is 1.79 bits per heavy atom. The van der Waals surface area contributed by atoms with Crippen LogP contribution in [0.15, 0.2) is 70.7 Å². The van der Waals surface area contributed by atoms with E-state index in [1.54, 1.807) is 44.3 Å². The lowest BCUT2D eigenvalue weighted by atomic mass is 9.83. The van der Waals surface area contributed by atoms with Crippen molar-refractivity contribution in [3.05, 3.63) is 98.3 Å². The highest BCUT2D eigenvalue weighted by atomic mass is 35.5. The summed E-state index contributed by atoms with van der Waals surface area (Å²) >= 11 is 12.6. The molecule has 1 fully saturated rings. The van der Waals surface area contributed by atoms with Crippen molar-refractivity contribution in [2.45, 2.75) is 26.4 Å². The van der Waals surface area contributed by atoms with Crippen LogP contribution >= 0.6 is 23.2 Å². The maximum Gasteiger partial charge on any atom is 0.274 e. The van der Waals surface area contributed by atoms with Crippen molar-refractivity contribution in [3.8, 4) is 11.6 Å². The van der Waals surface area contributed by atoms with Crippen LogP contribution in [0.25, 0.3) is 0 Å². The summed E-state index contributed by atoms with van der Waals surface area (Å²) in [5.74, 6) is -1.59. The van der Waals surface area contributed by atoms with Gasteiger partial charge in [-0.3, -0.25) is 19.9 Å². The van der Waals surface area contributed by atoms with Gasteiger partial charge in [-0.1, -0.05) is 55.2 Å². The van der Waals surface area contributed by atoms with E-state index < -0.39 is 29.2 Å². The second kappa shape index (κ2) is 14.1. The molecule has 1 N–H and O–H groups in total. The summed E-state index contributed by atoms with van der Waals surface area (Å²) in [4.78, 5) is 44.8. The van der Waals surface area contributed by atoms with Crippen molar-refractivity contribution in [2.75, 3.05) is 38.1 Å². The number of pyridine rings is 1. The van der Waals surface area contributed by atoms with Gasteiger partial charge in [-0.05, 0) is 47.4 Å². The van der Waals surface area contributed by atoms with Gasteiger partial charge in [-0.25, -0.2) is 14.4 Å². The molecule has 2 unspecified atom stereocenters. The molecule has 1 aliphatic rings. The van der Waals surface area contributed by atoms with E-state index in [1.165, 1.54) is 47.2 Å². The molecule has 2 aromatic carbocycles. The normalized spacial score (nSPS) is 16.5. The molecule has 1 aliphatic heterocycles. The maximum atomic E-state index is 15.0. The van der Waals surface area contributed by atoms with Gasteiger partial charge in [-0.15, -0.1) is 0 Å². The molecule has 0 aliphatic carbocycles. The molecule has 1 amide bonds. The second-order valence-electron chi connectivity index (χ2n) is 11.7. The number of halogens is 3. The lowest BCUT2D eigenvalue weighted by molar-refractivity contribution is -0.112. The Kier molecular flexibility index (Phi) is 10.2. The van der Waals surface area contributed by atoms with Crippen LogP contribution in [0.1, 0.15) is 31.0 Å². The number of benzene rings is 2.